The molecule has 0 atom stereocenters. The molecule has 5 heteroatoms. The molecule has 0 spiro atoms. The molecule has 4 rings (SSSR count). The minimum atomic E-state index is 0.533. The average Bonchev–Trinajstić information content (AvgIpc) is 3.03. The number of halogens is 2. The first kappa shape index (κ1) is 17.0. The molecule has 0 bridgehead atoms. The molecule has 0 aliphatic heterocycles. The maximum atomic E-state index is 6.41. The van der Waals surface area contributed by atoms with Crippen molar-refractivity contribution in [2.45, 2.75) is 6.54 Å². The van der Waals surface area contributed by atoms with E-state index < -0.39 is 0 Å². The number of ether oxygens (including phenoxy) is 1. The third-order valence-corrected chi connectivity index (χ3v) is 5.07. The van der Waals surface area contributed by atoms with Crippen LogP contribution in [0.5, 0.6) is 5.75 Å². The molecule has 0 unspecified atom stereocenters. The third-order valence-electron chi connectivity index (χ3n) is 4.36. The van der Waals surface area contributed by atoms with Gasteiger partial charge in [0.2, 0.25) is 0 Å². The predicted octanol–water partition coefficient (Wildman–Crippen LogP) is 6.07. The van der Waals surface area contributed by atoms with Gasteiger partial charge in [-0.2, -0.15) is 0 Å². The van der Waals surface area contributed by atoms with Gasteiger partial charge in [0, 0.05) is 21.2 Å². The minimum absolute atomic E-state index is 0.533. The normalized spacial score (nSPS) is 11.0. The fourth-order valence-corrected chi connectivity index (χ4v) is 3.58. The van der Waals surface area contributed by atoms with Crippen LogP contribution in [0.25, 0.3) is 22.4 Å². The van der Waals surface area contributed by atoms with Crippen molar-refractivity contribution in [1.82, 2.24) is 9.55 Å². The Balaban J connectivity index is 1.92. The standard InChI is InChI=1S/C21H16Cl2N2O/c1-26-15-7-4-6-14(12-15)21-24-19-10-2-3-11-20(19)25(21)13-16-17(22)8-5-9-18(16)23/h2-12H,13H2,1H3. The lowest BCUT2D eigenvalue weighted by atomic mass is 10.1. The molecule has 4 aromatic rings. The van der Waals surface area contributed by atoms with Crippen LogP contribution in [-0.4, -0.2) is 16.7 Å². The summed E-state index contributed by atoms with van der Waals surface area (Å²) in [7, 11) is 1.66. The summed E-state index contributed by atoms with van der Waals surface area (Å²) in [6.45, 7) is 0.533. The highest BCUT2D eigenvalue weighted by Gasteiger charge is 2.16. The molecule has 1 heterocycles. The van der Waals surface area contributed by atoms with Gasteiger partial charge in [0.05, 0.1) is 24.7 Å². The van der Waals surface area contributed by atoms with Gasteiger partial charge in [-0.15, -0.1) is 0 Å². The van der Waals surface area contributed by atoms with Gasteiger partial charge in [-0.25, -0.2) is 4.98 Å². The number of rotatable bonds is 4. The lowest BCUT2D eigenvalue weighted by Crippen LogP contribution is -2.03. The largest absolute Gasteiger partial charge is 0.497 e. The van der Waals surface area contributed by atoms with Crippen molar-refractivity contribution in [1.29, 1.82) is 0 Å². The Bertz CT molecular complexity index is 1070. The van der Waals surface area contributed by atoms with Gasteiger partial charge in [-0.1, -0.05) is 53.5 Å². The van der Waals surface area contributed by atoms with E-state index in [4.69, 9.17) is 32.9 Å². The van der Waals surface area contributed by atoms with Crippen LogP contribution in [0.3, 0.4) is 0 Å². The smallest absolute Gasteiger partial charge is 0.141 e. The Morgan fingerprint density at radius 2 is 1.65 bits per heavy atom. The zero-order valence-electron chi connectivity index (χ0n) is 14.1. The number of hydrogen-bond donors (Lipinski definition) is 0. The molecule has 0 amide bonds. The quantitative estimate of drug-likeness (QED) is 0.428. The number of fused-ring (bicyclic) bond motifs is 1. The number of nitrogens with zero attached hydrogens (tertiary/aromatic N) is 2. The summed E-state index contributed by atoms with van der Waals surface area (Å²) < 4.78 is 7.50. The van der Waals surface area contributed by atoms with Crippen LogP contribution >= 0.6 is 23.2 Å². The fraction of sp³-hybridized carbons (Fsp3) is 0.0952. The van der Waals surface area contributed by atoms with Crippen LogP contribution in [0.1, 0.15) is 5.56 Å². The molecular weight excluding hydrogens is 367 g/mol. The first-order valence-corrected chi connectivity index (χ1v) is 8.95. The van der Waals surface area contributed by atoms with E-state index >= 15 is 0 Å². The highest BCUT2D eigenvalue weighted by atomic mass is 35.5. The van der Waals surface area contributed by atoms with Crippen molar-refractivity contribution < 1.29 is 4.74 Å². The summed E-state index contributed by atoms with van der Waals surface area (Å²) in [6, 6.07) is 21.5. The molecule has 0 aliphatic rings. The van der Waals surface area contributed by atoms with Crippen molar-refractivity contribution in [3.8, 4) is 17.1 Å². The summed E-state index contributed by atoms with van der Waals surface area (Å²) in [5, 5.41) is 1.29. The highest BCUT2D eigenvalue weighted by Crippen LogP contribution is 2.31. The number of methoxy groups -OCH3 is 1. The monoisotopic (exact) mass is 382 g/mol. The summed E-state index contributed by atoms with van der Waals surface area (Å²) >= 11 is 12.8. The first-order valence-electron chi connectivity index (χ1n) is 8.20. The van der Waals surface area contributed by atoms with Crippen molar-refractivity contribution in [3.63, 3.8) is 0 Å². The van der Waals surface area contributed by atoms with E-state index in [1.807, 2.05) is 60.7 Å². The molecule has 0 N–H and O–H groups in total. The second kappa shape index (κ2) is 7.02. The molecule has 26 heavy (non-hydrogen) atoms. The maximum Gasteiger partial charge on any atom is 0.141 e. The van der Waals surface area contributed by atoms with Crippen LogP contribution in [0, 0.1) is 0 Å². The molecule has 130 valence electrons. The summed E-state index contributed by atoms with van der Waals surface area (Å²) in [6.07, 6.45) is 0. The fourth-order valence-electron chi connectivity index (χ4n) is 3.06. The SMILES string of the molecule is COc1cccc(-c2nc3ccccc3n2Cc2c(Cl)cccc2Cl)c1. The number of hydrogen-bond acceptors (Lipinski definition) is 2. The zero-order chi connectivity index (χ0) is 18.1. The van der Waals surface area contributed by atoms with E-state index in [1.54, 1.807) is 7.11 Å². The molecule has 3 aromatic carbocycles. The van der Waals surface area contributed by atoms with E-state index in [-0.39, 0.29) is 0 Å². The van der Waals surface area contributed by atoms with Gasteiger partial charge in [0.15, 0.2) is 0 Å². The van der Waals surface area contributed by atoms with Gasteiger partial charge in [-0.3, -0.25) is 0 Å². The molecule has 0 radical (unpaired) electrons. The van der Waals surface area contributed by atoms with Crippen molar-refractivity contribution in [2.24, 2.45) is 0 Å². The molecule has 0 fully saturated rings. The summed E-state index contributed by atoms with van der Waals surface area (Å²) in [4.78, 5) is 4.84. The van der Waals surface area contributed by atoms with Crippen LogP contribution in [-0.2, 0) is 6.54 Å². The average molecular weight is 383 g/mol. The molecular formula is C21H16Cl2N2O. The van der Waals surface area contributed by atoms with Crippen molar-refractivity contribution in [2.75, 3.05) is 7.11 Å². The van der Waals surface area contributed by atoms with Gasteiger partial charge in [-0.05, 0) is 36.4 Å². The van der Waals surface area contributed by atoms with E-state index in [2.05, 4.69) is 10.6 Å². The number of para-hydroxylation sites is 2. The molecule has 3 nitrogen and oxygen atoms in total. The summed E-state index contributed by atoms with van der Waals surface area (Å²) in [5.74, 6) is 1.64. The van der Waals surface area contributed by atoms with Crippen LogP contribution in [0.4, 0.5) is 0 Å². The number of aromatic nitrogens is 2. The predicted molar refractivity (Wildman–Crippen MR) is 107 cm³/mol. The van der Waals surface area contributed by atoms with E-state index in [1.165, 1.54) is 0 Å². The van der Waals surface area contributed by atoms with Crippen LogP contribution in [0.2, 0.25) is 10.0 Å². The first-order chi connectivity index (χ1) is 12.7. The third kappa shape index (κ3) is 3.05. The van der Waals surface area contributed by atoms with Crippen molar-refractivity contribution in [3.05, 3.63) is 82.3 Å². The molecule has 1 aromatic heterocycles. The summed E-state index contributed by atoms with van der Waals surface area (Å²) in [5.41, 5.74) is 3.81. The highest BCUT2D eigenvalue weighted by molar-refractivity contribution is 6.36. The van der Waals surface area contributed by atoms with Gasteiger partial charge >= 0.3 is 0 Å². The maximum absolute atomic E-state index is 6.41. The Labute approximate surface area is 161 Å². The number of imidazole rings is 1. The Kier molecular flexibility index (Phi) is 4.58. The van der Waals surface area contributed by atoms with Gasteiger partial charge < -0.3 is 9.30 Å². The molecule has 0 saturated heterocycles. The van der Waals surface area contributed by atoms with Crippen LogP contribution < -0.4 is 4.74 Å². The van der Waals surface area contributed by atoms with Crippen molar-refractivity contribution >= 4 is 34.2 Å². The molecule has 0 saturated carbocycles. The van der Waals surface area contributed by atoms with Gasteiger partial charge in [0.25, 0.3) is 0 Å². The van der Waals surface area contributed by atoms with E-state index in [0.29, 0.717) is 16.6 Å². The van der Waals surface area contributed by atoms with Crippen LogP contribution in [0.15, 0.2) is 66.7 Å². The zero-order valence-corrected chi connectivity index (χ0v) is 15.6. The minimum Gasteiger partial charge on any atom is -0.497 e. The van der Waals surface area contributed by atoms with Gasteiger partial charge in [0.1, 0.15) is 11.6 Å². The van der Waals surface area contributed by atoms with E-state index in [0.717, 1.165) is 33.7 Å². The Hall–Kier alpha value is -2.49. The second-order valence-corrected chi connectivity index (χ2v) is 6.76. The molecule has 0 aliphatic carbocycles. The Morgan fingerprint density at radius 1 is 0.923 bits per heavy atom. The lowest BCUT2D eigenvalue weighted by molar-refractivity contribution is 0.415. The second-order valence-electron chi connectivity index (χ2n) is 5.94. The topological polar surface area (TPSA) is 27.1 Å². The van der Waals surface area contributed by atoms with E-state index in [9.17, 15) is 0 Å². The Morgan fingerprint density at radius 3 is 2.42 bits per heavy atom. The number of benzene rings is 3. The lowest BCUT2D eigenvalue weighted by Gasteiger charge is -2.13.